The van der Waals surface area contributed by atoms with Gasteiger partial charge in [-0.2, -0.15) is 0 Å². The predicted octanol–water partition coefficient (Wildman–Crippen LogP) is 2.92. The smallest absolute Gasteiger partial charge is 0.357 e. The molecule has 0 unspecified atom stereocenters. The van der Waals surface area contributed by atoms with E-state index in [1.54, 1.807) is 0 Å². The third-order valence-corrected chi connectivity index (χ3v) is 2.97. The molecule has 0 spiro atoms. The van der Waals surface area contributed by atoms with E-state index in [-0.39, 0.29) is 17.0 Å². The lowest BCUT2D eigenvalue weighted by atomic mass is 10.1. The molecule has 0 N–H and O–H groups in total. The third kappa shape index (κ3) is 3.79. The minimum atomic E-state index is -0.787. The maximum Gasteiger partial charge on any atom is 0.357 e. The highest BCUT2D eigenvalue weighted by atomic mass is 35.5. The van der Waals surface area contributed by atoms with Crippen molar-refractivity contribution in [1.29, 1.82) is 0 Å². The standard InChI is InChI=1S/C15H11ClFNO4/c1-21-14-3-2-9(6-11(14)17)13(19)8-22-15(20)12-7-10(16)4-5-18-12/h2-7H,8H2,1H3. The zero-order valence-corrected chi connectivity index (χ0v) is 12.3. The quantitative estimate of drug-likeness (QED) is 0.625. The van der Waals surface area contributed by atoms with Crippen LogP contribution in [0.15, 0.2) is 36.5 Å². The fourth-order valence-corrected chi connectivity index (χ4v) is 1.80. The molecule has 5 nitrogen and oxygen atoms in total. The van der Waals surface area contributed by atoms with E-state index in [0.717, 1.165) is 6.07 Å². The predicted molar refractivity (Wildman–Crippen MR) is 76.8 cm³/mol. The lowest BCUT2D eigenvalue weighted by Gasteiger charge is -2.06. The molecule has 0 bridgehead atoms. The van der Waals surface area contributed by atoms with Crippen LogP contribution in [0.2, 0.25) is 5.02 Å². The highest BCUT2D eigenvalue weighted by Crippen LogP contribution is 2.18. The second kappa shape index (κ2) is 7.00. The molecule has 1 aromatic heterocycles. The Hall–Kier alpha value is -2.47. The molecular formula is C15H11ClFNO4. The van der Waals surface area contributed by atoms with Crippen molar-refractivity contribution in [3.05, 3.63) is 58.6 Å². The van der Waals surface area contributed by atoms with Gasteiger partial charge in [-0.3, -0.25) is 4.79 Å². The number of benzene rings is 1. The monoisotopic (exact) mass is 323 g/mol. The van der Waals surface area contributed by atoms with Crippen molar-refractivity contribution in [2.24, 2.45) is 0 Å². The Morgan fingerprint density at radius 3 is 2.68 bits per heavy atom. The van der Waals surface area contributed by atoms with E-state index in [2.05, 4.69) is 4.98 Å². The Kier molecular flexibility index (Phi) is 5.06. The average molecular weight is 324 g/mol. The number of hydrogen-bond acceptors (Lipinski definition) is 5. The molecule has 0 aliphatic carbocycles. The van der Waals surface area contributed by atoms with Crippen LogP contribution in [-0.2, 0) is 4.74 Å². The van der Waals surface area contributed by atoms with Gasteiger partial charge in [0.15, 0.2) is 24.0 Å². The number of nitrogens with zero attached hydrogens (tertiary/aromatic N) is 1. The molecule has 0 aliphatic rings. The Labute approximate surface area is 130 Å². The number of pyridine rings is 1. The van der Waals surface area contributed by atoms with Gasteiger partial charge in [0.1, 0.15) is 5.69 Å². The molecule has 0 radical (unpaired) electrons. The molecule has 0 saturated carbocycles. The van der Waals surface area contributed by atoms with Crippen LogP contribution in [0.3, 0.4) is 0 Å². The summed E-state index contributed by atoms with van der Waals surface area (Å²) in [6, 6.07) is 6.55. The fraction of sp³-hybridized carbons (Fsp3) is 0.133. The Bertz CT molecular complexity index is 720. The molecule has 0 aliphatic heterocycles. The summed E-state index contributed by atoms with van der Waals surface area (Å²) < 4.78 is 23.1. The van der Waals surface area contributed by atoms with Crippen LogP contribution >= 0.6 is 11.6 Å². The van der Waals surface area contributed by atoms with E-state index >= 15 is 0 Å². The van der Waals surface area contributed by atoms with E-state index in [4.69, 9.17) is 21.1 Å². The molecular weight excluding hydrogens is 313 g/mol. The van der Waals surface area contributed by atoms with E-state index in [0.29, 0.717) is 5.02 Å². The fourth-order valence-electron chi connectivity index (χ4n) is 1.64. The first-order valence-electron chi connectivity index (χ1n) is 6.16. The summed E-state index contributed by atoms with van der Waals surface area (Å²) in [5.41, 5.74) is 0.0614. The van der Waals surface area contributed by atoms with Gasteiger partial charge in [-0.1, -0.05) is 11.6 Å². The first kappa shape index (κ1) is 15.9. The van der Waals surface area contributed by atoms with Crippen LogP contribution in [0.25, 0.3) is 0 Å². The van der Waals surface area contributed by atoms with Gasteiger partial charge in [-0.15, -0.1) is 0 Å². The summed E-state index contributed by atoms with van der Waals surface area (Å²) in [4.78, 5) is 27.4. The number of rotatable bonds is 5. The van der Waals surface area contributed by atoms with Gasteiger partial charge < -0.3 is 9.47 Å². The normalized spacial score (nSPS) is 10.1. The second-order valence-electron chi connectivity index (χ2n) is 4.21. The number of esters is 1. The summed E-state index contributed by atoms with van der Waals surface area (Å²) in [6.45, 7) is -0.529. The molecule has 114 valence electrons. The minimum absolute atomic E-state index is 0.0128. The van der Waals surface area contributed by atoms with E-state index < -0.39 is 24.2 Å². The zero-order chi connectivity index (χ0) is 16.1. The van der Waals surface area contributed by atoms with Gasteiger partial charge in [0.2, 0.25) is 0 Å². The van der Waals surface area contributed by atoms with Crippen molar-refractivity contribution in [3.63, 3.8) is 0 Å². The summed E-state index contributed by atoms with van der Waals surface area (Å²) >= 11 is 5.73. The van der Waals surface area contributed by atoms with Crippen LogP contribution in [0.1, 0.15) is 20.8 Å². The number of aromatic nitrogens is 1. The van der Waals surface area contributed by atoms with Crippen LogP contribution in [0.5, 0.6) is 5.75 Å². The Morgan fingerprint density at radius 1 is 1.27 bits per heavy atom. The first-order valence-corrected chi connectivity index (χ1v) is 6.54. The topological polar surface area (TPSA) is 65.5 Å². The maximum atomic E-state index is 13.5. The van der Waals surface area contributed by atoms with E-state index in [9.17, 15) is 14.0 Å². The molecule has 0 amide bonds. The lowest BCUT2D eigenvalue weighted by molar-refractivity contribution is 0.0469. The second-order valence-corrected chi connectivity index (χ2v) is 4.64. The van der Waals surface area contributed by atoms with E-state index in [1.807, 2.05) is 0 Å². The van der Waals surface area contributed by atoms with Gasteiger partial charge >= 0.3 is 5.97 Å². The van der Waals surface area contributed by atoms with Crippen LogP contribution in [-0.4, -0.2) is 30.5 Å². The number of ketones is 1. The minimum Gasteiger partial charge on any atom is -0.494 e. The zero-order valence-electron chi connectivity index (χ0n) is 11.5. The first-order chi connectivity index (χ1) is 10.5. The number of carbonyl (C=O) groups is 2. The summed E-state index contributed by atoms with van der Waals surface area (Å²) in [5, 5.41) is 0.325. The van der Waals surface area contributed by atoms with Gasteiger partial charge in [0.25, 0.3) is 0 Å². The van der Waals surface area contributed by atoms with Gasteiger partial charge in [0.05, 0.1) is 7.11 Å². The van der Waals surface area contributed by atoms with Crippen molar-refractivity contribution in [2.45, 2.75) is 0 Å². The highest BCUT2D eigenvalue weighted by Gasteiger charge is 2.15. The Balaban J connectivity index is 2.00. The number of hydrogen-bond donors (Lipinski definition) is 0. The van der Waals surface area contributed by atoms with Gasteiger partial charge in [-0.25, -0.2) is 14.2 Å². The van der Waals surface area contributed by atoms with Crippen molar-refractivity contribution in [1.82, 2.24) is 4.98 Å². The molecule has 0 atom stereocenters. The van der Waals surface area contributed by atoms with Gasteiger partial charge in [0, 0.05) is 16.8 Å². The molecule has 1 heterocycles. The number of methoxy groups -OCH3 is 1. The van der Waals surface area contributed by atoms with Crippen molar-refractivity contribution in [3.8, 4) is 5.75 Å². The molecule has 1 aromatic carbocycles. The molecule has 0 fully saturated rings. The Morgan fingerprint density at radius 2 is 2.05 bits per heavy atom. The van der Waals surface area contributed by atoms with Crippen molar-refractivity contribution < 1.29 is 23.5 Å². The molecule has 7 heteroatoms. The number of halogens is 2. The third-order valence-electron chi connectivity index (χ3n) is 2.74. The SMILES string of the molecule is COc1ccc(C(=O)COC(=O)c2cc(Cl)ccn2)cc1F. The summed E-state index contributed by atoms with van der Waals surface area (Å²) in [5.74, 6) is -1.98. The molecule has 22 heavy (non-hydrogen) atoms. The van der Waals surface area contributed by atoms with Crippen LogP contribution in [0.4, 0.5) is 4.39 Å². The lowest BCUT2D eigenvalue weighted by Crippen LogP contribution is -2.15. The maximum absolute atomic E-state index is 13.5. The number of ether oxygens (including phenoxy) is 2. The summed E-state index contributed by atoms with van der Waals surface area (Å²) in [7, 11) is 1.32. The van der Waals surface area contributed by atoms with E-state index in [1.165, 1.54) is 37.6 Å². The highest BCUT2D eigenvalue weighted by molar-refractivity contribution is 6.30. The van der Waals surface area contributed by atoms with Crippen LogP contribution in [0, 0.1) is 5.82 Å². The van der Waals surface area contributed by atoms with Crippen molar-refractivity contribution in [2.75, 3.05) is 13.7 Å². The molecule has 2 rings (SSSR count). The van der Waals surface area contributed by atoms with Crippen molar-refractivity contribution >= 4 is 23.4 Å². The molecule has 2 aromatic rings. The average Bonchev–Trinajstić information content (AvgIpc) is 2.52. The number of Topliss-reactive ketones (excluding diaryl/α,β-unsaturated/α-hetero) is 1. The molecule has 0 saturated heterocycles. The van der Waals surface area contributed by atoms with Crippen LogP contribution < -0.4 is 4.74 Å². The number of carbonyl (C=O) groups excluding carboxylic acids is 2. The summed E-state index contributed by atoms with van der Waals surface area (Å²) in [6.07, 6.45) is 1.35. The van der Waals surface area contributed by atoms with Gasteiger partial charge in [-0.05, 0) is 30.3 Å². The largest absolute Gasteiger partial charge is 0.494 e.